The SMILES string of the molecule is COCOc1ccccc1C1C(C(=O)CC(C)C)=C(O)C(=O)N1c1ccc(-c2csc(C)c2)cc1. The minimum Gasteiger partial charge on any atom is -0.503 e. The van der Waals surface area contributed by atoms with Crippen LogP contribution in [0.25, 0.3) is 11.1 Å². The van der Waals surface area contributed by atoms with Gasteiger partial charge in [-0.25, -0.2) is 0 Å². The predicted molar refractivity (Wildman–Crippen MR) is 138 cm³/mol. The summed E-state index contributed by atoms with van der Waals surface area (Å²) in [7, 11) is 1.52. The van der Waals surface area contributed by atoms with E-state index in [1.807, 2.05) is 50.2 Å². The predicted octanol–water partition coefficient (Wildman–Crippen LogP) is 6.22. The van der Waals surface area contributed by atoms with Gasteiger partial charge < -0.3 is 14.6 Å². The third-order valence-corrected chi connectivity index (χ3v) is 6.72. The van der Waals surface area contributed by atoms with E-state index < -0.39 is 17.7 Å². The number of amides is 1. The van der Waals surface area contributed by atoms with Gasteiger partial charge in [0, 0.05) is 29.7 Å². The van der Waals surface area contributed by atoms with Crippen molar-refractivity contribution in [3.8, 4) is 16.9 Å². The van der Waals surface area contributed by atoms with Crippen LogP contribution in [0, 0.1) is 12.8 Å². The maximum atomic E-state index is 13.4. The maximum absolute atomic E-state index is 13.4. The number of nitrogens with zero attached hydrogens (tertiary/aromatic N) is 1. The van der Waals surface area contributed by atoms with Gasteiger partial charge in [-0.2, -0.15) is 0 Å². The first-order valence-corrected chi connectivity index (χ1v) is 12.4. The molecule has 0 radical (unpaired) electrons. The fraction of sp³-hybridized carbons (Fsp3) is 0.286. The first-order valence-electron chi connectivity index (χ1n) is 11.5. The van der Waals surface area contributed by atoms with E-state index in [0.717, 1.165) is 11.1 Å². The van der Waals surface area contributed by atoms with Crippen LogP contribution >= 0.6 is 11.3 Å². The number of ketones is 1. The van der Waals surface area contributed by atoms with Crippen LogP contribution in [0.2, 0.25) is 0 Å². The first kappa shape index (κ1) is 24.7. The van der Waals surface area contributed by atoms with E-state index in [2.05, 4.69) is 18.4 Å². The lowest BCUT2D eigenvalue weighted by atomic mass is 9.91. The summed E-state index contributed by atoms with van der Waals surface area (Å²) in [5.74, 6) is -0.833. The highest BCUT2D eigenvalue weighted by atomic mass is 32.1. The smallest absolute Gasteiger partial charge is 0.294 e. The normalized spacial score (nSPS) is 15.9. The molecule has 6 nitrogen and oxygen atoms in total. The molecule has 7 heteroatoms. The fourth-order valence-corrected chi connectivity index (χ4v) is 5.01. The zero-order chi connectivity index (χ0) is 25.1. The van der Waals surface area contributed by atoms with Gasteiger partial charge in [0.15, 0.2) is 18.3 Å². The van der Waals surface area contributed by atoms with Crippen molar-refractivity contribution in [2.24, 2.45) is 5.92 Å². The average Bonchev–Trinajstić information content (AvgIpc) is 3.38. The first-order chi connectivity index (χ1) is 16.8. The highest BCUT2D eigenvalue weighted by molar-refractivity contribution is 7.10. The molecule has 0 saturated heterocycles. The molecule has 1 unspecified atom stereocenters. The van der Waals surface area contributed by atoms with Gasteiger partial charge in [0.25, 0.3) is 5.91 Å². The molecule has 2 aromatic carbocycles. The van der Waals surface area contributed by atoms with Gasteiger partial charge in [-0.1, -0.05) is 44.2 Å². The standard InChI is InChI=1S/C28H29NO5S/c1-17(2)13-23(30)25-26(22-7-5-6-8-24(22)34-16-33-4)29(28(32)27(25)31)21-11-9-19(10-12-21)20-14-18(3)35-15-20/h5-12,14-15,17,26,31H,13,16H2,1-4H3. The van der Waals surface area contributed by atoms with E-state index in [1.165, 1.54) is 16.9 Å². The number of ether oxygens (including phenoxy) is 2. The van der Waals surface area contributed by atoms with Gasteiger partial charge in [-0.3, -0.25) is 14.5 Å². The number of carbonyl (C=O) groups is 2. The van der Waals surface area contributed by atoms with Crippen molar-refractivity contribution in [3.05, 3.63) is 81.8 Å². The Morgan fingerprint density at radius 1 is 1.11 bits per heavy atom. The number of hydrogen-bond donors (Lipinski definition) is 1. The number of Topliss-reactive ketones (excluding diaryl/α,β-unsaturated/α-hetero) is 1. The van der Waals surface area contributed by atoms with Gasteiger partial charge in [-0.15, -0.1) is 11.3 Å². The lowest BCUT2D eigenvalue weighted by molar-refractivity contribution is -0.118. The maximum Gasteiger partial charge on any atom is 0.294 e. The lowest BCUT2D eigenvalue weighted by Crippen LogP contribution is -2.31. The summed E-state index contributed by atoms with van der Waals surface area (Å²) in [6.45, 7) is 5.93. The number of rotatable bonds is 9. The van der Waals surface area contributed by atoms with Crippen molar-refractivity contribution in [2.45, 2.75) is 33.2 Å². The minimum absolute atomic E-state index is 0.0113. The Morgan fingerprint density at radius 3 is 2.46 bits per heavy atom. The molecule has 1 aromatic heterocycles. The third kappa shape index (κ3) is 5.01. The molecule has 4 rings (SSSR count). The molecule has 35 heavy (non-hydrogen) atoms. The largest absolute Gasteiger partial charge is 0.503 e. The molecule has 1 aliphatic heterocycles. The molecule has 1 atom stereocenters. The monoisotopic (exact) mass is 491 g/mol. The van der Waals surface area contributed by atoms with E-state index in [9.17, 15) is 14.7 Å². The second-order valence-electron chi connectivity index (χ2n) is 8.94. The van der Waals surface area contributed by atoms with E-state index in [0.29, 0.717) is 17.0 Å². The van der Waals surface area contributed by atoms with Crippen LogP contribution < -0.4 is 9.64 Å². The number of thiophene rings is 1. The summed E-state index contributed by atoms with van der Waals surface area (Å²) in [5.41, 5.74) is 3.41. The molecule has 182 valence electrons. The lowest BCUT2D eigenvalue weighted by Gasteiger charge is -2.28. The van der Waals surface area contributed by atoms with Gasteiger partial charge in [0.2, 0.25) is 0 Å². The Kier molecular flexibility index (Phi) is 7.38. The Morgan fingerprint density at radius 2 is 1.83 bits per heavy atom. The van der Waals surface area contributed by atoms with Crippen LogP contribution in [0.4, 0.5) is 5.69 Å². The zero-order valence-electron chi connectivity index (χ0n) is 20.3. The number of para-hydroxylation sites is 1. The topological polar surface area (TPSA) is 76.1 Å². The molecule has 0 saturated carbocycles. The summed E-state index contributed by atoms with van der Waals surface area (Å²) in [4.78, 5) is 29.3. The van der Waals surface area contributed by atoms with Gasteiger partial charge >= 0.3 is 0 Å². The van der Waals surface area contributed by atoms with Crippen molar-refractivity contribution in [3.63, 3.8) is 0 Å². The van der Waals surface area contributed by atoms with Crippen LogP contribution in [0.15, 0.2) is 71.3 Å². The molecule has 1 aliphatic rings. The number of methoxy groups -OCH3 is 1. The highest BCUT2D eigenvalue weighted by Crippen LogP contribution is 2.44. The number of hydrogen-bond acceptors (Lipinski definition) is 6. The molecule has 0 fully saturated rings. The van der Waals surface area contributed by atoms with Crippen molar-refractivity contribution in [1.82, 2.24) is 0 Å². The molecule has 0 spiro atoms. The molecule has 2 heterocycles. The van der Waals surface area contributed by atoms with Gasteiger partial charge in [0.1, 0.15) is 5.75 Å². The molecular weight excluding hydrogens is 462 g/mol. The zero-order valence-corrected chi connectivity index (χ0v) is 21.1. The Balaban J connectivity index is 1.80. The summed E-state index contributed by atoms with van der Waals surface area (Å²) in [5, 5.41) is 13.0. The van der Waals surface area contributed by atoms with E-state index in [4.69, 9.17) is 9.47 Å². The minimum atomic E-state index is -0.823. The second-order valence-corrected chi connectivity index (χ2v) is 10.1. The Hall–Kier alpha value is -3.42. The Bertz CT molecular complexity index is 1260. The Labute approximate surface area is 209 Å². The highest BCUT2D eigenvalue weighted by Gasteiger charge is 2.45. The quantitative estimate of drug-likeness (QED) is 0.360. The van der Waals surface area contributed by atoms with Crippen molar-refractivity contribution in [1.29, 1.82) is 0 Å². The van der Waals surface area contributed by atoms with Crippen molar-refractivity contribution in [2.75, 3.05) is 18.8 Å². The van der Waals surface area contributed by atoms with Crippen LogP contribution in [-0.4, -0.2) is 30.7 Å². The van der Waals surface area contributed by atoms with Gasteiger partial charge in [0.05, 0.1) is 11.6 Å². The summed E-state index contributed by atoms with van der Waals surface area (Å²) in [6.07, 6.45) is 0.217. The van der Waals surface area contributed by atoms with Crippen LogP contribution in [0.1, 0.15) is 36.8 Å². The summed E-state index contributed by atoms with van der Waals surface area (Å²) < 4.78 is 10.8. The van der Waals surface area contributed by atoms with Crippen LogP contribution in [0.3, 0.4) is 0 Å². The number of benzene rings is 2. The van der Waals surface area contributed by atoms with Crippen LogP contribution in [-0.2, 0) is 14.3 Å². The molecule has 0 bridgehead atoms. The van der Waals surface area contributed by atoms with Crippen LogP contribution in [0.5, 0.6) is 5.75 Å². The molecular formula is C28H29NO5S. The van der Waals surface area contributed by atoms with Gasteiger partial charge in [-0.05, 0) is 53.6 Å². The van der Waals surface area contributed by atoms with E-state index in [1.54, 1.807) is 23.5 Å². The number of aliphatic hydroxyl groups excluding tert-OH is 1. The van der Waals surface area contributed by atoms with Crippen molar-refractivity contribution >= 4 is 28.7 Å². The number of carbonyl (C=O) groups excluding carboxylic acids is 2. The number of aliphatic hydroxyl groups is 1. The van der Waals surface area contributed by atoms with E-state index >= 15 is 0 Å². The molecule has 1 amide bonds. The average molecular weight is 492 g/mol. The number of aryl methyl sites for hydroxylation is 1. The molecule has 1 N–H and O–H groups in total. The third-order valence-electron chi connectivity index (χ3n) is 5.86. The number of anilines is 1. The van der Waals surface area contributed by atoms with Crippen molar-refractivity contribution < 1.29 is 24.2 Å². The molecule has 0 aliphatic carbocycles. The summed E-state index contributed by atoms with van der Waals surface area (Å²) >= 11 is 1.68. The second kappa shape index (κ2) is 10.5. The molecule has 3 aromatic rings. The fourth-order valence-electron chi connectivity index (χ4n) is 4.30. The summed E-state index contributed by atoms with van der Waals surface area (Å²) in [6, 6.07) is 16.1. The van der Waals surface area contributed by atoms with E-state index in [-0.39, 0.29) is 30.5 Å².